The first-order valence-electron chi connectivity index (χ1n) is 9.10. The largest absolute Gasteiger partial charge is 0.489 e. The van der Waals surface area contributed by atoms with Crippen molar-refractivity contribution < 1.29 is 23.1 Å². The van der Waals surface area contributed by atoms with Crippen molar-refractivity contribution in [2.24, 2.45) is 0 Å². The third kappa shape index (κ3) is 3.71. The first-order valence-corrected chi connectivity index (χ1v) is 9.10. The van der Waals surface area contributed by atoms with Crippen molar-refractivity contribution in [3.63, 3.8) is 0 Å². The van der Waals surface area contributed by atoms with E-state index in [1.165, 1.54) is 18.4 Å². The first kappa shape index (κ1) is 18.7. The van der Waals surface area contributed by atoms with Gasteiger partial charge in [-0.15, -0.1) is 0 Å². The molecule has 0 saturated carbocycles. The number of furan rings is 1. The van der Waals surface area contributed by atoms with Gasteiger partial charge in [-0.1, -0.05) is 24.3 Å². The maximum atomic E-state index is 12.9. The van der Waals surface area contributed by atoms with Gasteiger partial charge in [0.25, 0.3) is 5.91 Å². The van der Waals surface area contributed by atoms with Crippen molar-refractivity contribution in [1.29, 1.82) is 0 Å². The fourth-order valence-corrected chi connectivity index (χ4v) is 3.19. The predicted molar refractivity (Wildman–Crippen MR) is 102 cm³/mol. The predicted octanol–water partition coefficient (Wildman–Crippen LogP) is 3.96. The summed E-state index contributed by atoms with van der Waals surface area (Å²) in [6.07, 6.45) is 1.47. The van der Waals surface area contributed by atoms with Crippen LogP contribution in [0.5, 0.6) is 5.75 Å². The summed E-state index contributed by atoms with van der Waals surface area (Å²) in [5, 5.41) is 2.70. The Kier molecular flexibility index (Phi) is 4.80. The number of nitrogens with zero attached hydrogens (tertiary/aromatic N) is 1. The molecule has 1 aromatic heterocycles. The van der Waals surface area contributed by atoms with Gasteiger partial charge < -0.3 is 14.5 Å². The van der Waals surface area contributed by atoms with E-state index in [9.17, 15) is 14.0 Å². The smallest absolute Gasteiger partial charge is 0.325 e. The standard InChI is InChI=1S/C22H19FN2O4/c1-22(19-3-2-12-28-19)20(26)25(21(27)24-22)13-15-6-10-18(11-7-15)29-14-16-4-8-17(23)9-5-16/h2-12H,13-14H2,1H3,(H,24,27). The fourth-order valence-electron chi connectivity index (χ4n) is 3.19. The van der Waals surface area contributed by atoms with Crippen LogP contribution < -0.4 is 10.1 Å². The van der Waals surface area contributed by atoms with Crippen LogP contribution in [0.15, 0.2) is 71.3 Å². The molecule has 4 rings (SSSR count). The number of benzene rings is 2. The summed E-state index contributed by atoms with van der Waals surface area (Å²) in [5.74, 6) is 0.370. The monoisotopic (exact) mass is 394 g/mol. The lowest BCUT2D eigenvalue weighted by Gasteiger charge is -2.19. The Morgan fingerprint density at radius 3 is 2.38 bits per heavy atom. The summed E-state index contributed by atoms with van der Waals surface area (Å²) in [4.78, 5) is 26.3. The lowest BCUT2D eigenvalue weighted by molar-refractivity contribution is -0.132. The molecule has 148 valence electrons. The van der Waals surface area contributed by atoms with Crippen molar-refractivity contribution in [3.8, 4) is 5.75 Å². The molecule has 29 heavy (non-hydrogen) atoms. The second kappa shape index (κ2) is 7.43. The van der Waals surface area contributed by atoms with E-state index >= 15 is 0 Å². The number of carbonyl (C=O) groups excluding carboxylic acids is 2. The SMILES string of the molecule is CC1(c2ccco2)NC(=O)N(Cc2ccc(OCc3ccc(F)cc3)cc2)C1=O. The van der Waals surface area contributed by atoms with Gasteiger partial charge in [-0.05, 0) is 54.4 Å². The number of ether oxygens (including phenoxy) is 1. The average Bonchev–Trinajstić information content (AvgIpc) is 3.33. The molecule has 1 fully saturated rings. The Labute approximate surface area is 166 Å². The van der Waals surface area contributed by atoms with Crippen LogP contribution >= 0.6 is 0 Å². The number of rotatable bonds is 6. The number of nitrogens with one attached hydrogen (secondary N) is 1. The van der Waals surface area contributed by atoms with E-state index in [2.05, 4.69) is 5.32 Å². The first-order chi connectivity index (χ1) is 14.0. The number of carbonyl (C=O) groups is 2. The van der Waals surface area contributed by atoms with Gasteiger partial charge in [0.15, 0.2) is 5.54 Å². The number of amides is 3. The third-order valence-corrected chi connectivity index (χ3v) is 4.87. The van der Waals surface area contributed by atoms with Gasteiger partial charge in [0.05, 0.1) is 12.8 Å². The number of halogens is 1. The minimum atomic E-state index is -1.21. The average molecular weight is 394 g/mol. The fraction of sp³-hybridized carbons (Fsp3) is 0.182. The van der Waals surface area contributed by atoms with Crippen molar-refractivity contribution in [2.75, 3.05) is 0 Å². The van der Waals surface area contributed by atoms with Gasteiger partial charge in [0, 0.05) is 0 Å². The summed E-state index contributed by atoms with van der Waals surface area (Å²) >= 11 is 0. The molecule has 0 bridgehead atoms. The number of imide groups is 1. The summed E-state index contributed by atoms with van der Waals surface area (Å²) in [7, 11) is 0. The van der Waals surface area contributed by atoms with E-state index in [0.29, 0.717) is 18.1 Å². The molecular formula is C22H19FN2O4. The van der Waals surface area contributed by atoms with E-state index in [4.69, 9.17) is 9.15 Å². The molecule has 2 heterocycles. The molecule has 1 unspecified atom stereocenters. The molecule has 1 atom stereocenters. The highest BCUT2D eigenvalue weighted by Gasteiger charge is 2.50. The van der Waals surface area contributed by atoms with Gasteiger partial charge in [-0.25, -0.2) is 9.18 Å². The number of hydrogen-bond donors (Lipinski definition) is 1. The highest BCUT2D eigenvalue weighted by Crippen LogP contribution is 2.30. The lowest BCUT2D eigenvalue weighted by atomic mass is 9.99. The van der Waals surface area contributed by atoms with Crippen LogP contribution in [0.25, 0.3) is 0 Å². The quantitative estimate of drug-likeness (QED) is 0.643. The summed E-state index contributed by atoms with van der Waals surface area (Å²) in [6.45, 7) is 2.08. The van der Waals surface area contributed by atoms with Crippen LogP contribution in [-0.4, -0.2) is 16.8 Å². The molecule has 1 aliphatic heterocycles. The van der Waals surface area contributed by atoms with Gasteiger partial charge in [-0.3, -0.25) is 9.69 Å². The molecule has 1 N–H and O–H groups in total. The van der Waals surface area contributed by atoms with E-state index in [1.807, 2.05) is 0 Å². The Bertz CT molecular complexity index is 1020. The second-order valence-electron chi connectivity index (χ2n) is 6.98. The molecule has 2 aromatic carbocycles. The lowest BCUT2D eigenvalue weighted by Crippen LogP contribution is -2.40. The zero-order chi connectivity index (χ0) is 20.4. The highest BCUT2D eigenvalue weighted by molar-refractivity contribution is 6.06. The molecule has 3 amide bonds. The van der Waals surface area contributed by atoms with Crippen molar-refractivity contribution >= 4 is 11.9 Å². The van der Waals surface area contributed by atoms with Crippen LogP contribution in [0, 0.1) is 5.82 Å². The molecule has 7 heteroatoms. The Morgan fingerprint density at radius 2 is 1.72 bits per heavy atom. The zero-order valence-electron chi connectivity index (χ0n) is 15.7. The Hall–Kier alpha value is -3.61. The Morgan fingerprint density at radius 1 is 1.03 bits per heavy atom. The van der Waals surface area contributed by atoms with Crippen molar-refractivity contribution in [3.05, 3.63) is 89.6 Å². The highest BCUT2D eigenvalue weighted by atomic mass is 19.1. The normalized spacial score (nSPS) is 18.8. The van der Waals surface area contributed by atoms with E-state index in [0.717, 1.165) is 16.0 Å². The van der Waals surface area contributed by atoms with Crippen LogP contribution in [0.4, 0.5) is 9.18 Å². The maximum absolute atomic E-state index is 12.9. The van der Waals surface area contributed by atoms with Gasteiger partial charge in [0.2, 0.25) is 0 Å². The van der Waals surface area contributed by atoms with Crippen LogP contribution in [0.3, 0.4) is 0 Å². The maximum Gasteiger partial charge on any atom is 0.325 e. The summed E-state index contributed by atoms with van der Waals surface area (Å²) in [6, 6.07) is 16.1. The molecular weight excluding hydrogens is 375 g/mol. The molecule has 1 aliphatic rings. The number of urea groups is 1. The Balaban J connectivity index is 1.40. The van der Waals surface area contributed by atoms with Gasteiger partial charge >= 0.3 is 6.03 Å². The minimum Gasteiger partial charge on any atom is -0.489 e. The molecule has 0 aliphatic carbocycles. The molecule has 0 spiro atoms. The number of hydrogen-bond acceptors (Lipinski definition) is 4. The van der Waals surface area contributed by atoms with Crippen LogP contribution in [0.1, 0.15) is 23.8 Å². The van der Waals surface area contributed by atoms with E-state index < -0.39 is 11.6 Å². The molecule has 1 saturated heterocycles. The van der Waals surface area contributed by atoms with E-state index in [-0.39, 0.29) is 18.3 Å². The molecule has 0 radical (unpaired) electrons. The molecule has 3 aromatic rings. The topological polar surface area (TPSA) is 71.8 Å². The van der Waals surface area contributed by atoms with Gasteiger partial charge in [-0.2, -0.15) is 0 Å². The third-order valence-electron chi connectivity index (χ3n) is 4.87. The van der Waals surface area contributed by atoms with Crippen molar-refractivity contribution in [2.45, 2.75) is 25.6 Å². The second-order valence-corrected chi connectivity index (χ2v) is 6.98. The van der Waals surface area contributed by atoms with Gasteiger partial charge in [0.1, 0.15) is 23.9 Å². The van der Waals surface area contributed by atoms with Crippen LogP contribution in [0.2, 0.25) is 0 Å². The zero-order valence-corrected chi connectivity index (χ0v) is 15.7. The van der Waals surface area contributed by atoms with E-state index in [1.54, 1.807) is 55.5 Å². The summed E-state index contributed by atoms with van der Waals surface area (Å²) in [5.41, 5.74) is 0.428. The van der Waals surface area contributed by atoms with Crippen LogP contribution in [-0.2, 0) is 23.5 Å². The van der Waals surface area contributed by atoms with Crippen molar-refractivity contribution in [1.82, 2.24) is 10.2 Å². The summed E-state index contributed by atoms with van der Waals surface area (Å²) < 4.78 is 24.0. The minimum absolute atomic E-state index is 0.138. The molecule has 6 nitrogen and oxygen atoms in total.